The zero-order valence-electron chi connectivity index (χ0n) is 16.2. The first kappa shape index (κ1) is 18.8. The van der Waals surface area contributed by atoms with Gasteiger partial charge in [-0.15, -0.1) is 0 Å². The summed E-state index contributed by atoms with van der Waals surface area (Å²) in [5, 5.41) is 3.44. The maximum Gasteiger partial charge on any atom is 0.338 e. The predicted octanol–water partition coefficient (Wildman–Crippen LogP) is 3.89. The molecule has 4 rings (SSSR count). The molecule has 6 nitrogen and oxygen atoms in total. The van der Waals surface area contributed by atoms with Crippen LogP contribution < -0.4 is 5.32 Å². The van der Waals surface area contributed by atoms with E-state index in [1.807, 2.05) is 35.0 Å². The SMILES string of the molecule is CCOC(=O)c1ccc2c(c1)ncn2-c1cccc(CNCc2cccnc2)c1. The number of fused-ring (bicyclic) bond motifs is 1. The molecule has 1 N–H and O–H groups in total. The maximum absolute atomic E-state index is 11.9. The van der Waals surface area contributed by atoms with Crippen molar-refractivity contribution in [3.8, 4) is 5.69 Å². The molecule has 0 spiro atoms. The van der Waals surface area contributed by atoms with E-state index in [4.69, 9.17) is 4.74 Å². The Morgan fingerprint density at radius 2 is 1.93 bits per heavy atom. The number of hydrogen-bond donors (Lipinski definition) is 1. The number of hydrogen-bond acceptors (Lipinski definition) is 5. The summed E-state index contributed by atoms with van der Waals surface area (Å²) in [6.07, 6.45) is 5.42. The summed E-state index contributed by atoms with van der Waals surface area (Å²) >= 11 is 0. The molecule has 2 aromatic carbocycles. The molecule has 0 bridgehead atoms. The molecule has 6 heteroatoms. The normalized spacial score (nSPS) is 10.9. The van der Waals surface area contributed by atoms with Gasteiger partial charge in [0.1, 0.15) is 6.33 Å². The van der Waals surface area contributed by atoms with Crippen molar-refractivity contribution in [2.24, 2.45) is 0 Å². The molecule has 0 saturated carbocycles. The minimum Gasteiger partial charge on any atom is -0.462 e. The number of esters is 1. The van der Waals surface area contributed by atoms with Crippen LogP contribution in [-0.4, -0.2) is 27.1 Å². The van der Waals surface area contributed by atoms with E-state index in [1.165, 1.54) is 5.56 Å². The molecule has 146 valence electrons. The van der Waals surface area contributed by atoms with Crippen LogP contribution in [0.1, 0.15) is 28.4 Å². The van der Waals surface area contributed by atoms with E-state index in [0.717, 1.165) is 35.4 Å². The summed E-state index contributed by atoms with van der Waals surface area (Å²) in [4.78, 5) is 20.5. The largest absolute Gasteiger partial charge is 0.462 e. The van der Waals surface area contributed by atoms with Crippen LogP contribution in [-0.2, 0) is 17.8 Å². The van der Waals surface area contributed by atoms with Crippen molar-refractivity contribution in [3.63, 3.8) is 0 Å². The lowest BCUT2D eigenvalue weighted by Gasteiger charge is -2.09. The Balaban J connectivity index is 1.51. The van der Waals surface area contributed by atoms with Crippen molar-refractivity contribution in [3.05, 3.63) is 90.0 Å². The standard InChI is InChI=1S/C23H22N4O2/c1-2-29-23(28)19-8-9-22-21(12-19)26-16-27(22)20-7-3-5-17(11-20)13-25-15-18-6-4-10-24-14-18/h3-12,14,16,25H,2,13,15H2,1H3. The highest BCUT2D eigenvalue weighted by molar-refractivity contribution is 5.94. The Labute approximate surface area is 169 Å². The summed E-state index contributed by atoms with van der Waals surface area (Å²) in [6, 6.07) is 17.8. The Bertz CT molecular complexity index is 1120. The molecule has 0 atom stereocenters. The van der Waals surface area contributed by atoms with Crippen molar-refractivity contribution < 1.29 is 9.53 Å². The van der Waals surface area contributed by atoms with E-state index in [9.17, 15) is 4.79 Å². The molecule has 0 fully saturated rings. The average Bonchev–Trinajstić information content (AvgIpc) is 3.18. The minimum atomic E-state index is -0.328. The lowest BCUT2D eigenvalue weighted by Crippen LogP contribution is -2.13. The van der Waals surface area contributed by atoms with E-state index >= 15 is 0 Å². The maximum atomic E-state index is 11.9. The van der Waals surface area contributed by atoms with E-state index in [1.54, 1.807) is 31.6 Å². The first-order valence-electron chi connectivity index (χ1n) is 9.58. The van der Waals surface area contributed by atoms with Crippen molar-refractivity contribution in [2.75, 3.05) is 6.61 Å². The van der Waals surface area contributed by atoms with Crippen LogP contribution in [0.3, 0.4) is 0 Å². The molecule has 0 aliphatic rings. The number of aromatic nitrogens is 3. The van der Waals surface area contributed by atoms with Crippen molar-refractivity contribution in [1.29, 1.82) is 0 Å². The van der Waals surface area contributed by atoms with E-state index < -0.39 is 0 Å². The van der Waals surface area contributed by atoms with E-state index in [2.05, 4.69) is 33.5 Å². The number of rotatable bonds is 7. The van der Waals surface area contributed by atoms with E-state index in [-0.39, 0.29) is 5.97 Å². The molecular formula is C23H22N4O2. The Kier molecular flexibility index (Phi) is 5.63. The molecular weight excluding hydrogens is 364 g/mol. The molecule has 29 heavy (non-hydrogen) atoms. The smallest absolute Gasteiger partial charge is 0.338 e. The fraction of sp³-hybridized carbons (Fsp3) is 0.174. The lowest BCUT2D eigenvalue weighted by molar-refractivity contribution is 0.0526. The van der Waals surface area contributed by atoms with E-state index in [0.29, 0.717) is 12.2 Å². The summed E-state index contributed by atoms with van der Waals surface area (Å²) in [5.74, 6) is -0.328. The number of carbonyl (C=O) groups excluding carboxylic acids is 1. The monoisotopic (exact) mass is 386 g/mol. The Morgan fingerprint density at radius 3 is 2.76 bits per heavy atom. The molecule has 0 aliphatic heterocycles. The number of nitrogens with zero attached hydrogens (tertiary/aromatic N) is 3. The quantitative estimate of drug-likeness (QED) is 0.488. The van der Waals surface area contributed by atoms with Gasteiger partial charge in [-0.05, 0) is 54.4 Å². The number of ether oxygens (including phenoxy) is 1. The number of nitrogens with one attached hydrogen (secondary N) is 1. The third-order valence-corrected chi connectivity index (χ3v) is 4.63. The molecule has 0 unspecified atom stereocenters. The summed E-state index contributed by atoms with van der Waals surface area (Å²) < 4.78 is 7.09. The van der Waals surface area contributed by atoms with Gasteiger partial charge in [-0.25, -0.2) is 9.78 Å². The lowest BCUT2D eigenvalue weighted by atomic mass is 10.1. The van der Waals surface area contributed by atoms with Gasteiger partial charge in [0.2, 0.25) is 0 Å². The van der Waals surface area contributed by atoms with Gasteiger partial charge >= 0.3 is 5.97 Å². The van der Waals surface area contributed by atoms with Gasteiger partial charge in [0.05, 0.1) is 23.2 Å². The summed E-state index contributed by atoms with van der Waals surface area (Å²) in [7, 11) is 0. The second-order valence-corrected chi connectivity index (χ2v) is 6.67. The third kappa shape index (κ3) is 4.33. The molecule has 0 radical (unpaired) electrons. The van der Waals surface area contributed by atoms with Crippen LogP contribution in [0.2, 0.25) is 0 Å². The van der Waals surface area contributed by atoms with Gasteiger partial charge < -0.3 is 10.1 Å². The summed E-state index contributed by atoms with van der Waals surface area (Å²) in [6.45, 7) is 3.67. The highest BCUT2D eigenvalue weighted by Crippen LogP contribution is 2.21. The van der Waals surface area contributed by atoms with Crippen LogP contribution in [0.4, 0.5) is 0 Å². The van der Waals surface area contributed by atoms with Crippen LogP contribution in [0.5, 0.6) is 0 Å². The van der Waals surface area contributed by atoms with Crippen LogP contribution in [0, 0.1) is 0 Å². The number of carbonyl (C=O) groups is 1. The molecule has 0 aliphatic carbocycles. The Hall–Kier alpha value is -3.51. The van der Waals surface area contributed by atoms with Gasteiger partial charge in [0, 0.05) is 31.2 Å². The minimum absolute atomic E-state index is 0.328. The first-order chi connectivity index (χ1) is 14.2. The van der Waals surface area contributed by atoms with Gasteiger partial charge in [0.15, 0.2) is 0 Å². The summed E-state index contributed by atoms with van der Waals surface area (Å²) in [5.41, 5.74) is 5.57. The highest BCUT2D eigenvalue weighted by atomic mass is 16.5. The average molecular weight is 386 g/mol. The molecule has 0 saturated heterocycles. The second-order valence-electron chi connectivity index (χ2n) is 6.67. The third-order valence-electron chi connectivity index (χ3n) is 4.63. The van der Waals surface area contributed by atoms with Crippen LogP contribution >= 0.6 is 0 Å². The molecule has 2 aromatic heterocycles. The van der Waals surface area contributed by atoms with Crippen LogP contribution in [0.25, 0.3) is 16.7 Å². The topological polar surface area (TPSA) is 69.0 Å². The first-order valence-corrected chi connectivity index (χ1v) is 9.58. The zero-order valence-corrected chi connectivity index (χ0v) is 16.2. The van der Waals surface area contributed by atoms with Gasteiger partial charge in [0.25, 0.3) is 0 Å². The van der Waals surface area contributed by atoms with Gasteiger partial charge in [-0.1, -0.05) is 18.2 Å². The fourth-order valence-corrected chi connectivity index (χ4v) is 3.23. The van der Waals surface area contributed by atoms with Crippen LogP contribution in [0.15, 0.2) is 73.3 Å². The number of pyridine rings is 1. The predicted molar refractivity (Wildman–Crippen MR) is 112 cm³/mol. The van der Waals surface area contributed by atoms with Crippen molar-refractivity contribution in [2.45, 2.75) is 20.0 Å². The number of benzene rings is 2. The highest BCUT2D eigenvalue weighted by Gasteiger charge is 2.11. The second kappa shape index (κ2) is 8.67. The fourth-order valence-electron chi connectivity index (χ4n) is 3.23. The van der Waals surface area contributed by atoms with Crippen molar-refractivity contribution >= 4 is 17.0 Å². The number of imidazole rings is 1. The molecule has 4 aromatic rings. The molecule has 2 heterocycles. The van der Waals surface area contributed by atoms with Gasteiger partial charge in [-0.2, -0.15) is 0 Å². The zero-order chi connectivity index (χ0) is 20.1. The molecule has 0 amide bonds. The Morgan fingerprint density at radius 1 is 1.07 bits per heavy atom. The van der Waals surface area contributed by atoms with Gasteiger partial charge in [-0.3, -0.25) is 9.55 Å². The van der Waals surface area contributed by atoms with Crippen molar-refractivity contribution in [1.82, 2.24) is 19.9 Å².